The molecule has 1 aliphatic rings. The van der Waals surface area contributed by atoms with Crippen LogP contribution in [0.25, 0.3) is 0 Å². The Morgan fingerprint density at radius 3 is 2.54 bits per heavy atom. The maximum atomic E-state index is 13.2. The van der Waals surface area contributed by atoms with Crippen LogP contribution >= 0.6 is 0 Å². The van der Waals surface area contributed by atoms with E-state index in [2.05, 4.69) is 17.3 Å². The third-order valence-electron chi connectivity index (χ3n) is 5.12. The van der Waals surface area contributed by atoms with Gasteiger partial charge in [0.25, 0.3) is 0 Å². The van der Waals surface area contributed by atoms with Crippen LogP contribution in [0.2, 0.25) is 0 Å². The highest BCUT2D eigenvalue weighted by atomic mass is 16.5. The van der Waals surface area contributed by atoms with Crippen molar-refractivity contribution < 1.29 is 9.32 Å². The SMILES string of the molecule is Cc1noc(C)c1[C@@H](C)C(=O)N(Cc1ccccc1)CC1CCC1. The zero-order valence-electron chi connectivity index (χ0n) is 14.8. The van der Waals surface area contributed by atoms with Crippen LogP contribution in [0.4, 0.5) is 0 Å². The van der Waals surface area contributed by atoms with Gasteiger partial charge in [0.2, 0.25) is 5.91 Å². The Hall–Kier alpha value is -2.10. The molecule has 1 heterocycles. The summed E-state index contributed by atoms with van der Waals surface area (Å²) in [5, 5.41) is 4.01. The summed E-state index contributed by atoms with van der Waals surface area (Å²) < 4.78 is 5.26. The van der Waals surface area contributed by atoms with Crippen molar-refractivity contribution in [3.63, 3.8) is 0 Å². The van der Waals surface area contributed by atoms with E-state index >= 15 is 0 Å². The summed E-state index contributed by atoms with van der Waals surface area (Å²) in [5.74, 6) is 1.34. The summed E-state index contributed by atoms with van der Waals surface area (Å²) in [5.41, 5.74) is 2.93. The van der Waals surface area contributed by atoms with E-state index in [1.807, 2.05) is 43.9 Å². The van der Waals surface area contributed by atoms with E-state index in [1.54, 1.807) is 0 Å². The summed E-state index contributed by atoms with van der Waals surface area (Å²) >= 11 is 0. The Labute approximate surface area is 143 Å². The number of aryl methyl sites for hydroxylation is 2. The molecule has 2 aromatic rings. The van der Waals surface area contributed by atoms with E-state index in [0.29, 0.717) is 12.5 Å². The maximum absolute atomic E-state index is 13.2. The quantitative estimate of drug-likeness (QED) is 0.798. The van der Waals surface area contributed by atoms with Crippen LogP contribution in [0.15, 0.2) is 34.9 Å². The number of nitrogens with zero attached hydrogens (tertiary/aromatic N) is 2. The van der Waals surface area contributed by atoms with Crippen molar-refractivity contribution in [3.05, 3.63) is 52.9 Å². The lowest BCUT2D eigenvalue weighted by Gasteiger charge is -2.34. The molecule has 4 heteroatoms. The van der Waals surface area contributed by atoms with Gasteiger partial charge in [-0.15, -0.1) is 0 Å². The second kappa shape index (κ2) is 7.20. The predicted molar refractivity (Wildman–Crippen MR) is 93.6 cm³/mol. The number of aromatic nitrogens is 1. The fourth-order valence-corrected chi connectivity index (χ4v) is 3.53. The van der Waals surface area contributed by atoms with Crippen LogP contribution in [0.1, 0.15) is 54.7 Å². The molecule has 3 rings (SSSR count). The highest BCUT2D eigenvalue weighted by Crippen LogP contribution is 2.30. The molecule has 128 valence electrons. The maximum Gasteiger partial charge on any atom is 0.230 e. The van der Waals surface area contributed by atoms with Gasteiger partial charge in [0.1, 0.15) is 5.76 Å². The number of hydrogen-bond acceptors (Lipinski definition) is 3. The average molecular weight is 326 g/mol. The van der Waals surface area contributed by atoms with Crippen LogP contribution in [0.3, 0.4) is 0 Å². The molecule has 1 aromatic carbocycles. The lowest BCUT2D eigenvalue weighted by molar-refractivity contribution is -0.134. The second-order valence-electron chi connectivity index (χ2n) is 6.96. The van der Waals surface area contributed by atoms with Gasteiger partial charge >= 0.3 is 0 Å². The molecule has 0 bridgehead atoms. The third kappa shape index (κ3) is 3.53. The molecule has 0 unspecified atom stereocenters. The van der Waals surface area contributed by atoms with Crippen LogP contribution in [-0.4, -0.2) is 22.5 Å². The van der Waals surface area contributed by atoms with Gasteiger partial charge in [-0.2, -0.15) is 0 Å². The molecular weight excluding hydrogens is 300 g/mol. The summed E-state index contributed by atoms with van der Waals surface area (Å²) in [7, 11) is 0. The van der Waals surface area contributed by atoms with Gasteiger partial charge in [0.15, 0.2) is 0 Å². The molecule has 1 fully saturated rings. The van der Waals surface area contributed by atoms with E-state index in [0.717, 1.165) is 23.6 Å². The molecule has 1 aliphatic carbocycles. The highest BCUT2D eigenvalue weighted by molar-refractivity contribution is 5.83. The molecule has 1 aromatic heterocycles. The Morgan fingerprint density at radius 2 is 2.00 bits per heavy atom. The lowest BCUT2D eigenvalue weighted by atomic mass is 9.84. The van der Waals surface area contributed by atoms with Gasteiger partial charge in [-0.1, -0.05) is 41.9 Å². The fourth-order valence-electron chi connectivity index (χ4n) is 3.53. The number of amides is 1. The van der Waals surface area contributed by atoms with Gasteiger partial charge in [-0.3, -0.25) is 4.79 Å². The zero-order chi connectivity index (χ0) is 17.1. The number of benzene rings is 1. The van der Waals surface area contributed by atoms with Crippen molar-refractivity contribution in [1.29, 1.82) is 0 Å². The second-order valence-corrected chi connectivity index (χ2v) is 6.96. The fraction of sp³-hybridized carbons (Fsp3) is 0.500. The highest BCUT2D eigenvalue weighted by Gasteiger charge is 2.30. The van der Waals surface area contributed by atoms with Gasteiger partial charge in [0, 0.05) is 18.7 Å². The van der Waals surface area contributed by atoms with Crippen molar-refractivity contribution >= 4 is 5.91 Å². The van der Waals surface area contributed by atoms with Gasteiger partial charge in [0.05, 0.1) is 11.6 Å². The van der Waals surface area contributed by atoms with Crippen LogP contribution < -0.4 is 0 Å². The van der Waals surface area contributed by atoms with Gasteiger partial charge in [-0.05, 0) is 45.1 Å². The van der Waals surface area contributed by atoms with E-state index in [4.69, 9.17) is 4.52 Å². The molecule has 0 radical (unpaired) electrons. The number of rotatable bonds is 6. The normalized spacial score (nSPS) is 15.8. The third-order valence-corrected chi connectivity index (χ3v) is 5.12. The Bertz CT molecular complexity index is 669. The average Bonchev–Trinajstić information content (AvgIpc) is 2.88. The minimum Gasteiger partial charge on any atom is -0.361 e. The molecule has 24 heavy (non-hydrogen) atoms. The minimum absolute atomic E-state index is 0.167. The van der Waals surface area contributed by atoms with Crippen LogP contribution in [-0.2, 0) is 11.3 Å². The van der Waals surface area contributed by atoms with Crippen molar-refractivity contribution in [2.45, 2.75) is 52.5 Å². The van der Waals surface area contributed by atoms with E-state index in [9.17, 15) is 4.79 Å². The molecule has 0 aliphatic heterocycles. The van der Waals surface area contributed by atoms with Crippen molar-refractivity contribution in [3.8, 4) is 0 Å². The van der Waals surface area contributed by atoms with Crippen LogP contribution in [0, 0.1) is 19.8 Å². The Balaban J connectivity index is 1.79. The minimum atomic E-state index is -0.222. The predicted octanol–water partition coefficient (Wildman–Crippen LogP) is 4.22. The molecule has 0 N–H and O–H groups in total. The molecule has 1 saturated carbocycles. The molecular formula is C20H26N2O2. The molecule has 0 spiro atoms. The summed E-state index contributed by atoms with van der Waals surface area (Å²) in [4.78, 5) is 15.2. The van der Waals surface area contributed by atoms with Crippen molar-refractivity contribution in [1.82, 2.24) is 10.1 Å². The monoisotopic (exact) mass is 326 g/mol. The number of hydrogen-bond donors (Lipinski definition) is 0. The van der Waals surface area contributed by atoms with Gasteiger partial charge < -0.3 is 9.42 Å². The zero-order valence-corrected chi connectivity index (χ0v) is 14.8. The first-order valence-electron chi connectivity index (χ1n) is 8.81. The first kappa shape index (κ1) is 16.7. The summed E-state index contributed by atoms with van der Waals surface area (Å²) in [6, 6.07) is 10.2. The summed E-state index contributed by atoms with van der Waals surface area (Å²) in [6.07, 6.45) is 3.76. The smallest absolute Gasteiger partial charge is 0.230 e. The number of carbonyl (C=O) groups excluding carboxylic acids is 1. The molecule has 1 atom stereocenters. The standard InChI is InChI=1S/C20H26N2O2/c1-14(19-15(2)21-24-16(19)3)20(23)22(13-18-10-7-11-18)12-17-8-5-4-6-9-17/h4-6,8-9,14,18H,7,10-13H2,1-3H3/t14-/m1/s1. The van der Waals surface area contributed by atoms with Gasteiger partial charge in [-0.25, -0.2) is 0 Å². The van der Waals surface area contributed by atoms with E-state index in [-0.39, 0.29) is 11.8 Å². The summed E-state index contributed by atoms with van der Waals surface area (Å²) in [6.45, 7) is 7.27. The molecule has 1 amide bonds. The van der Waals surface area contributed by atoms with Crippen molar-refractivity contribution in [2.24, 2.45) is 5.92 Å². The lowest BCUT2D eigenvalue weighted by Crippen LogP contribution is -2.39. The Morgan fingerprint density at radius 1 is 1.29 bits per heavy atom. The van der Waals surface area contributed by atoms with E-state index < -0.39 is 0 Å². The topological polar surface area (TPSA) is 46.3 Å². The number of carbonyl (C=O) groups is 1. The largest absolute Gasteiger partial charge is 0.361 e. The Kier molecular flexibility index (Phi) is 5.03. The van der Waals surface area contributed by atoms with Crippen LogP contribution in [0.5, 0.6) is 0 Å². The molecule has 0 saturated heterocycles. The van der Waals surface area contributed by atoms with E-state index in [1.165, 1.54) is 24.8 Å². The molecule has 4 nitrogen and oxygen atoms in total. The first-order valence-corrected chi connectivity index (χ1v) is 8.81. The van der Waals surface area contributed by atoms with Crippen molar-refractivity contribution in [2.75, 3.05) is 6.54 Å². The first-order chi connectivity index (χ1) is 11.6.